The smallest absolute Gasteiger partial charge is 0.164 e. The second-order valence-corrected chi connectivity index (χ2v) is 13.7. The van der Waals surface area contributed by atoms with Crippen molar-refractivity contribution in [2.45, 2.75) is 71.1 Å². The molecule has 346 valence electrons. The summed E-state index contributed by atoms with van der Waals surface area (Å²) in [6.07, 6.45) is 12.9. The Kier molecular flexibility index (Phi) is 39.9. The summed E-state index contributed by atoms with van der Waals surface area (Å²) < 4.78 is 85.2. The lowest BCUT2D eigenvalue weighted by Crippen LogP contribution is -2.16. The summed E-state index contributed by atoms with van der Waals surface area (Å²) in [4.78, 5) is 0. The van der Waals surface area contributed by atoms with E-state index in [9.17, 15) is 0 Å². The van der Waals surface area contributed by atoms with Crippen molar-refractivity contribution in [3.8, 4) is 17.2 Å². The topological polar surface area (TPSA) is 138 Å². The summed E-state index contributed by atoms with van der Waals surface area (Å²) in [5.74, 6) is 1.99. The van der Waals surface area contributed by atoms with Crippen LogP contribution >= 0.6 is 0 Å². The maximum absolute atomic E-state index is 6.09. The third kappa shape index (κ3) is 36.5. The first-order valence-electron chi connectivity index (χ1n) is 22.4. The van der Waals surface area contributed by atoms with Crippen molar-refractivity contribution in [2.24, 2.45) is 0 Å². The van der Waals surface area contributed by atoms with E-state index in [0.717, 1.165) is 12.2 Å². The van der Waals surface area contributed by atoms with Crippen LogP contribution in [-0.4, -0.2) is 178 Å². The molecule has 0 fully saturated rings. The molecule has 0 aliphatic carbocycles. The number of hydrogen-bond acceptors (Lipinski definition) is 15. The molecule has 1 aliphatic heterocycles. The molecular formula is C44H80O15. The predicted octanol–water partition coefficient (Wildman–Crippen LogP) is 5.96. The van der Waals surface area contributed by atoms with Gasteiger partial charge in [0.1, 0.15) is 19.0 Å². The van der Waals surface area contributed by atoms with Gasteiger partial charge in [-0.2, -0.15) is 0 Å². The van der Waals surface area contributed by atoms with E-state index in [-0.39, 0.29) is 0 Å². The Hall–Kier alpha value is -1.86. The zero-order valence-corrected chi connectivity index (χ0v) is 36.5. The minimum absolute atomic E-state index is 0.356. The van der Waals surface area contributed by atoms with Crippen LogP contribution in [0.15, 0.2) is 18.2 Å². The molecule has 15 heteroatoms. The quantitative estimate of drug-likeness (QED) is 0.229. The number of ether oxygens (including phenoxy) is 15. The summed E-state index contributed by atoms with van der Waals surface area (Å²) in [6.45, 7) is 15.3. The highest BCUT2D eigenvalue weighted by Crippen LogP contribution is 2.32. The first kappa shape index (κ1) is 53.3. The number of hydrogen-bond donors (Lipinski definition) is 0. The first-order chi connectivity index (χ1) is 29.4. The molecule has 0 spiro atoms. The van der Waals surface area contributed by atoms with Gasteiger partial charge in [-0.25, -0.2) is 0 Å². The molecule has 2 rings (SSSR count). The van der Waals surface area contributed by atoms with Crippen molar-refractivity contribution < 1.29 is 71.1 Å². The lowest BCUT2D eigenvalue weighted by molar-refractivity contribution is -0.0288. The van der Waals surface area contributed by atoms with Gasteiger partial charge in [0.15, 0.2) is 11.5 Å². The minimum atomic E-state index is 0.356. The highest BCUT2D eigenvalue weighted by atomic mass is 16.6. The number of benzene rings is 1. The van der Waals surface area contributed by atoms with E-state index in [1.54, 1.807) is 0 Å². The van der Waals surface area contributed by atoms with E-state index in [2.05, 4.69) is 6.92 Å². The second-order valence-electron chi connectivity index (χ2n) is 13.7. The zero-order chi connectivity index (χ0) is 41.6. The molecule has 0 amide bonds. The van der Waals surface area contributed by atoms with Gasteiger partial charge in [-0.1, -0.05) is 64.7 Å². The summed E-state index contributed by atoms with van der Waals surface area (Å²) in [7, 11) is 0. The highest BCUT2D eigenvalue weighted by molar-refractivity contribution is 5.45. The molecule has 1 aromatic carbocycles. The molecule has 0 atom stereocenters. The van der Waals surface area contributed by atoms with Crippen molar-refractivity contribution in [1.29, 1.82) is 0 Å². The summed E-state index contributed by atoms with van der Waals surface area (Å²) in [6, 6.07) is 5.70. The van der Waals surface area contributed by atoms with Crippen LogP contribution in [0.25, 0.3) is 0 Å². The zero-order valence-electron chi connectivity index (χ0n) is 36.5. The van der Waals surface area contributed by atoms with Gasteiger partial charge in [0.05, 0.1) is 165 Å². The molecule has 0 saturated heterocycles. The molecule has 0 aromatic heterocycles. The van der Waals surface area contributed by atoms with Crippen LogP contribution in [0, 0.1) is 0 Å². The lowest BCUT2D eigenvalue weighted by Gasteiger charge is -2.15. The minimum Gasteiger partial charge on any atom is -0.493 e. The van der Waals surface area contributed by atoms with Crippen LogP contribution in [-0.2, 0) is 56.8 Å². The SMILES string of the molecule is CCCCCCCCCCCCOc1ccc2c(c1)OCCOCCOCCOCCOCCOCCOCCOCCOCCOCCOCCOCCOCCO2. The normalized spacial score (nSPS) is 19.7. The van der Waals surface area contributed by atoms with E-state index in [1.165, 1.54) is 57.8 Å². The van der Waals surface area contributed by atoms with Crippen molar-refractivity contribution in [2.75, 3.05) is 178 Å². The fourth-order valence-electron chi connectivity index (χ4n) is 5.53. The van der Waals surface area contributed by atoms with Crippen molar-refractivity contribution >= 4 is 0 Å². The third-order valence-electron chi connectivity index (χ3n) is 8.74. The summed E-state index contributed by atoms with van der Waals surface area (Å²) >= 11 is 0. The Balaban J connectivity index is 1.68. The Morgan fingerprint density at radius 2 is 0.593 bits per heavy atom. The van der Waals surface area contributed by atoms with E-state index in [0.29, 0.717) is 190 Å². The van der Waals surface area contributed by atoms with Gasteiger partial charge >= 0.3 is 0 Å². The number of rotatable bonds is 12. The monoisotopic (exact) mass is 849 g/mol. The fourth-order valence-corrected chi connectivity index (χ4v) is 5.53. The second kappa shape index (κ2) is 44.2. The van der Waals surface area contributed by atoms with Gasteiger partial charge < -0.3 is 71.1 Å². The van der Waals surface area contributed by atoms with Gasteiger partial charge in [-0.05, 0) is 18.6 Å². The first-order valence-corrected chi connectivity index (χ1v) is 22.4. The van der Waals surface area contributed by atoms with E-state index in [4.69, 9.17) is 71.1 Å². The van der Waals surface area contributed by atoms with Gasteiger partial charge in [-0.15, -0.1) is 0 Å². The van der Waals surface area contributed by atoms with E-state index < -0.39 is 0 Å². The molecule has 1 aliphatic rings. The molecule has 0 N–H and O–H groups in total. The van der Waals surface area contributed by atoms with Crippen molar-refractivity contribution in [3.05, 3.63) is 18.2 Å². The average molecular weight is 849 g/mol. The van der Waals surface area contributed by atoms with Crippen LogP contribution in [0.1, 0.15) is 71.1 Å². The Bertz CT molecular complexity index is 992. The van der Waals surface area contributed by atoms with Crippen LogP contribution < -0.4 is 14.2 Å². The Morgan fingerprint density at radius 3 is 0.915 bits per heavy atom. The maximum atomic E-state index is 6.09. The van der Waals surface area contributed by atoms with E-state index in [1.807, 2.05) is 18.2 Å². The van der Waals surface area contributed by atoms with Gasteiger partial charge in [-0.3, -0.25) is 0 Å². The molecule has 1 aromatic rings. The average Bonchev–Trinajstić information content (AvgIpc) is 3.25. The number of fused-ring (bicyclic) bond motifs is 1. The summed E-state index contributed by atoms with van der Waals surface area (Å²) in [5, 5.41) is 0. The predicted molar refractivity (Wildman–Crippen MR) is 225 cm³/mol. The molecule has 15 nitrogen and oxygen atoms in total. The standard InChI is InChI=1S/C44H80O15/c1-2-3-4-5-6-7-8-9-10-11-14-57-42-12-13-43-44(41-42)59-40-38-56-36-34-54-32-30-52-28-26-50-24-22-48-20-18-46-16-15-45-17-19-47-21-23-49-25-27-51-29-31-53-33-35-55-37-39-58-43/h12-13,41H,2-11,14-40H2,1H3. The molecule has 0 unspecified atom stereocenters. The molecule has 0 bridgehead atoms. The third-order valence-corrected chi connectivity index (χ3v) is 8.74. The Labute approximate surface area is 355 Å². The van der Waals surface area contributed by atoms with Gasteiger partial charge in [0.25, 0.3) is 0 Å². The summed E-state index contributed by atoms with van der Waals surface area (Å²) in [5.41, 5.74) is 0. The largest absolute Gasteiger partial charge is 0.493 e. The molecular weight excluding hydrogens is 768 g/mol. The molecule has 1 heterocycles. The van der Waals surface area contributed by atoms with Crippen LogP contribution in [0.5, 0.6) is 17.2 Å². The molecule has 0 radical (unpaired) electrons. The van der Waals surface area contributed by atoms with Gasteiger partial charge in [0, 0.05) is 6.07 Å². The molecule has 59 heavy (non-hydrogen) atoms. The van der Waals surface area contributed by atoms with Gasteiger partial charge in [0.2, 0.25) is 0 Å². The fraction of sp³-hybridized carbons (Fsp3) is 0.864. The maximum Gasteiger partial charge on any atom is 0.164 e. The Morgan fingerprint density at radius 1 is 0.322 bits per heavy atom. The lowest BCUT2D eigenvalue weighted by atomic mass is 10.1. The van der Waals surface area contributed by atoms with Crippen molar-refractivity contribution in [3.63, 3.8) is 0 Å². The highest BCUT2D eigenvalue weighted by Gasteiger charge is 2.09. The van der Waals surface area contributed by atoms with E-state index >= 15 is 0 Å². The molecule has 0 saturated carbocycles. The van der Waals surface area contributed by atoms with Crippen LogP contribution in [0.2, 0.25) is 0 Å². The number of unbranched alkanes of at least 4 members (excludes halogenated alkanes) is 9. The van der Waals surface area contributed by atoms with Crippen LogP contribution in [0.3, 0.4) is 0 Å². The van der Waals surface area contributed by atoms with Crippen molar-refractivity contribution in [1.82, 2.24) is 0 Å². The van der Waals surface area contributed by atoms with Crippen LogP contribution in [0.4, 0.5) is 0 Å².